The third-order valence-electron chi connectivity index (χ3n) is 5.47. The van der Waals surface area contributed by atoms with Crippen LogP contribution in [0.2, 0.25) is 0 Å². The van der Waals surface area contributed by atoms with Gasteiger partial charge in [0, 0.05) is 25.7 Å². The Bertz CT molecular complexity index is 341. The second-order valence-electron chi connectivity index (χ2n) is 6.99. The smallest absolute Gasteiger partial charge is 0.317 e. The maximum absolute atomic E-state index is 12.3. The molecule has 3 rings (SSSR count). The average Bonchev–Trinajstić information content (AvgIpc) is 3.27. The maximum atomic E-state index is 12.3. The number of nitrogens with one attached hydrogen (secondary N) is 1. The number of nitrogens with zero attached hydrogens (tertiary/aromatic N) is 1. The van der Waals surface area contributed by atoms with Crippen LogP contribution in [0.25, 0.3) is 0 Å². The Morgan fingerprint density at radius 3 is 2.70 bits per heavy atom. The van der Waals surface area contributed by atoms with Gasteiger partial charge in [0.05, 0.1) is 0 Å². The molecule has 3 aliphatic rings. The Morgan fingerprint density at radius 1 is 1.15 bits per heavy atom. The predicted octanol–water partition coefficient (Wildman–Crippen LogP) is 2.37. The second-order valence-corrected chi connectivity index (χ2v) is 6.99. The number of hydrogen-bond donors (Lipinski definition) is 2. The van der Waals surface area contributed by atoms with Crippen molar-refractivity contribution >= 4 is 6.03 Å². The van der Waals surface area contributed by atoms with Crippen molar-refractivity contribution < 1.29 is 9.90 Å². The highest BCUT2D eigenvalue weighted by Gasteiger charge is 2.44. The van der Waals surface area contributed by atoms with Crippen molar-refractivity contribution in [2.45, 2.75) is 57.4 Å². The normalized spacial score (nSPS) is 34.9. The van der Waals surface area contributed by atoms with Crippen LogP contribution in [0, 0.1) is 17.8 Å². The van der Waals surface area contributed by atoms with Crippen molar-refractivity contribution in [3.63, 3.8) is 0 Å². The van der Waals surface area contributed by atoms with E-state index in [-0.39, 0.29) is 18.6 Å². The zero-order chi connectivity index (χ0) is 13.9. The summed E-state index contributed by atoms with van der Waals surface area (Å²) in [6, 6.07) is 0.534. The fraction of sp³-hybridized carbons (Fsp3) is 0.938. The van der Waals surface area contributed by atoms with E-state index in [1.54, 1.807) is 0 Å². The number of piperidine rings is 1. The van der Waals surface area contributed by atoms with Crippen molar-refractivity contribution in [2.24, 2.45) is 17.8 Å². The lowest BCUT2D eigenvalue weighted by molar-refractivity contribution is 0.129. The summed E-state index contributed by atoms with van der Waals surface area (Å²) in [5.74, 6) is 1.89. The predicted molar refractivity (Wildman–Crippen MR) is 78.4 cm³/mol. The molecule has 2 saturated carbocycles. The summed E-state index contributed by atoms with van der Waals surface area (Å²) >= 11 is 0. The third kappa shape index (κ3) is 3.27. The average molecular weight is 280 g/mol. The van der Waals surface area contributed by atoms with Gasteiger partial charge in [0.2, 0.25) is 0 Å². The van der Waals surface area contributed by atoms with Gasteiger partial charge in [0.25, 0.3) is 0 Å². The van der Waals surface area contributed by atoms with E-state index in [2.05, 4.69) is 5.32 Å². The van der Waals surface area contributed by atoms with E-state index in [0.717, 1.165) is 37.8 Å². The molecule has 4 heteroatoms. The van der Waals surface area contributed by atoms with Gasteiger partial charge in [-0.15, -0.1) is 0 Å². The fourth-order valence-corrected chi connectivity index (χ4v) is 4.11. The van der Waals surface area contributed by atoms with Gasteiger partial charge in [0.15, 0.2) is 0 Å². The molecule has 2 amide bonds. The Kier molecular flexibility index (Phi) is 4.49. The van der Waals surface area contributed by atoms with Gasteiger partial charge >= 0.3 is 6.03 Å². The second kappa shape index (κ2) is 6.33. The van der Waals surface area contributed by atoms with Gasteiger partial charge in [-0.3, -0.25) is 0 Å². The topological polar surface area (TPSA) is 52.6 Å². The molecular weight excluding hydrogens is 252 g/mol. The molecule has 20 heavy (non-hydrogen) atoms. The highest BCUT2D eigenvalue weighted by molar-refractivity contribution is 5.75. The highest BCUT2D eigenvalue weighted by Crippen LogP contribution is 2.44. The molecule has 0 bridgehead atoms. The molecule has 2 N–H and O–H groups in total. The van der Waals surface area contributed by atoms with E-state index in [0.29, 0.717) is 6.04 Å². The van der Waals surface area contributed by atoms with Crippen LogP contribution in [0.4, 0.5) is 4.79 Å². The van der Waals surface area contributed by atoms with Gasteiger partial charge < -0.3 is 15.3 Å². The first-order valence-corrected chi connectivity index (χ1v) is 8.44. The molecule has 0 radical (unpaired) electrons. The van der Waals surface area contributed by atoms with E-state index in [1.165, 1.54) is 38.5 Å². The molecule has 0 aromatic carbocycles. The zero-order valence-corrected chi connectivity index (χ0v) is 12.4. The van der Waals surface area contributed by atoms with Crippen molar-refractivity contribution in [1.29, 1.82) is 0 Å². The van der Waals surface area contributed by atoms with E-state index >= 15 is 0 Å². The van der Waals surface area contributed by atoms with Gasteiger partial charge in [-0.25, -0.2) is 4.79 Å². The van der Waals surface area contributed by atoms with Gasteiger partial charge in [-0.05, 0) is 37.0 Å². The number of likely N-dealkylation sites (tertiary alicyclic amines) is 1. The van der Waals surface area contributed by atoms with Crippen LogP contribution in [0.15, 0.2) is 0 Å². The van der Waals surface area contributed by atoms with E-state index in [4.69, 9.17) is 0 Å². The molecule has 114 valence electrons. The first kappa shape index (κ1) is 14.2. The van der Waals surface area contributed by atoms with Crippen LogP contribution >= 0.6 is 0 Å². The van der Waals surface area contributed by atoms with E-state index < -0.39 is 0 Å². The Balaban J connectivity index is 1.43. The van der Waals surface area contributed by atoms with Crippen molar-refractivity contribution in [3.05, 3.63) is 0 Å². The van der Waals surface area contributed by atoms with Crippen molar-refractivity contribution in [3.8, 4) is 0 Å². The summed E-state index contributed by atoms with van der Waals surface area (Å²) in [5.41, 5.74) is 0. The molecule has 0 aromatic heterocycles. The number of carbonyl (C=O) groups excluding carboxylic acids is 1. The number of carbonyl (C=O) groups is 1. The lowest BCUT2D eigenvalue weighted by atomic mass is 9.85. The van der Waals surface area contributed by atoms with Crippen LogP contribution in [-0.2, 0) is 0 Å². The number of rotatable bonds is 3. The third-order valence-corrected chi connectivity index (χ3v) is 5.47. The molecule has 2 aliphatic carbocycles. The first-order valence-electron chi connectivity index (χ1n) is 8.44. The standard InChI is InChI=1S/C16H28N2O2/c19-11-12-5-4-8-18(10-12)16(20)17-15-9-14(15)13-6-2-1-3-7-13/h12-15,19H,1-11H2,(H,17,20). The molecule has 0 spiro atoms. The minimum absolute atomic E-state index is 0.103. The minimum atomic E-state index is 0.103. The summed E-state index contributed by atoms with van der Waals surface area (Å²) in [7, 11) is 0. The zero-order valence-electron chi connectivity index (χ0n) is 12.4. The van der Waals surface area contributed by atoms with Gasteiger partial charge in [-0.2, -0.15) is 0 Å². The molecule has 4 nitrogen and oxygen atoms in total. The number of amides is 2. The lowest BCUT2D eigenvalue weighted by Crippen LogP contribution is -2.47. The number of aliphatic hydroxyl groups is 1. The summed E-state index contributed by atoms with van der Waals surface area (Å²) in [5, 5.41) is 12.5. The summed E-state index contributed by atoms with van der Waals surface area (Å²) in [6.07, 6.45) is 10.2. The molecule has 1 aliphatic heterocycles. The van der Waals surface area contributed by atoms with Crippen LogP contribution < -0.4 is 5.32 Å². The van der Waals surface area contributed by atoms with Gasteiger partial charge in [-0.1, -0.05) is 32.1 Å². The SMILES string of the molecule is O=C(NC1CC1C1CCCCC1)N1CCCC(CO)C1. The number of urea groups is 1. The van der Waals surface area contributed by atoms with E-state index in [9.17, 15) is 9.90 Å². The number of hydrogen-bond acceptors (Lipinski definition) is 2. The summed E-state index contributed by atoms with van der Waals surface area (Å²) < 4.78 is 0. The van der Waals surface area contributed by atoms with Crippen LogP contribution in [0.5, 0.6) is 0 Å². The summed E-state index contributed by atoms with van der Waals surface area (Å²) in [6.45, 7) is 1.78. The van der Waals surface area contributed by atoms with Crippen LogP contribution in [0.3, 0.4) is 0 Å². The molecule has 0 aromatic rings. The maximum Gasteiger partial charge on any atom is 0.317 e. The molecule has 1 heterocycles. The van der Waals surface area contributed by atoms with E-state index in [1.807, 2.05) is 4.90 Å². The molecule has 3 unspecified atom stereocenters. The quantitative estimate of drug-likeness (QED) is 0.834. The molecule has 3 fully saturated rings. The number of aliphatic hydroxyl groups excluding tert-OH is 1. The molecular formula is C16H28N2O2. The molecule has 3 atom stereocenters. The van der Waals surface area contributed by atoms with Gasteiger partial charge in [0.1, 0.15) is 0 Å². The lowest BCUT2D eigenvalue weighted by Gasteiger charge is -2.32. The fourth-order valence-electron chi connectivity index (χ4n) is 4.11. The monoisotopic (exact) mass is 280 g/mol. The van der Waals surface area contributed by atoms with Crippen molar-refractivity contribution in [2.75, 3.05) is 19.7 Å². The Hall–Kier alpha value is -0.770. The Labute approximate surface area is 121 Å². The molecule has 1 saturated heterocycles. The minimum Gasteiger partial charge on any atom is -0.396 e. The van der Waals surface area contributed by atoms with Crippen molar-refractivity contribution in [1.82, 2.24) is 10.2 Å². The first-order chi connectivity index (χ1) is 9.78. The van der Waals surface area contributed by atoms with Crippen LogP contribution in [0.1, 0.15) is 51.4 Å². The highest BCUT2D eigenvalue weighted by atomic mass is 16.3. The van der Waals surface area contributed by atoms with Crippen LogP contribution in [-0.4, -0.2) is 41.8 Å². The Morgan fingerprint density at radius 2 is 1.95 bits per heavy atom. The summed E-state index contributed by atoms with van der Waals surface area (Å²) in [4.78, 5) is 14.2. The largest absolute Gasteiger partial charge is 0.396 e.